The first-order chi connectivity index (χ1) is 12.0. The average molecular weight is 337 g/mol. The molecule has 3 rings (SSSR count). The van der Waals surface area contributed by atoms with E-state index < -0.39 is 17.9 Å². The van der Waals surface area contributed by atoms with E-state index in [4.69, 9.17) is 0 Å². The second kappa shape index (κ2) is 7.19. The number of aliphatic hydroxyl groups excluding tert-OH is 1. The molecule has 128 valence electrons. The van der Waals surface area contributed by atoms with Gasteiger partial charge in [0.1, 0.15) is 0 Å². The molecule has 2 aromatic carbocycles. The molecule has 0 bridgehead atoms. The molecule has 0 saturated carbocycles. The molecule has 1 unspecified atom stereocenters. The summed E-state index contributed by atoms with van der Waals surface area (Å²) in [6, 6.07) is 14.6. The molecule has 1 atom stereocenters. The molecule has 2 amide bonds. The van der Waals surface area contributed by atoms with Crippen molar-refractivity contribution in [2.45, 2.75) is 13.0 Å². The second-order valence-electron chi connectivity index (χ2n) is 5.82. The van der Waals surface area contributed by atoms with Gasteiger partial charge >= 0.3 is 11.8 Å². The van der Waals surface area contributed by atoms with E-state index in [2.05, 4.69) is 15.6 Å². The lowest BCUT2D eigenvalue weighted by molar-refractivity contribution is -0.136. The van der Waals surface area contributed by atoms with E-state index >= 15 is 0 Å². The standard InChI is InChI=1S/C19H19N3O3/c1-12-4-2-3-5-15(12)17(23)11-21-18(24)19(25)22-14-6-7-16-13(10-14)8-9-20-16/h2-10,17,20,23H,11H2,1H3,(H,21,24)(H,22,25). The molecule has 3 aromatic rings. The van der Waals surface area contributed by atoms with Crippen LogP contribution in [0.5, 0.6) is 0 Å². The Bertz CT molecular complexity index is 917. The van der Waals surface area contributed by atoms with Crippen molar-refractivity contribution in [3.63, 3.8) is 0 Å². The summed E-state index contributed by atoms with van der Waals surface area (Å²) in [6.07, 6.45) is 0.935. The summed E-state index contributed by atoms with van der Waals surface area (Å²) in [5, 5.41) is 16.1. The zero-order valence-corrected chi connectivity index (χ0v) is 13.7. The van der Waals surface area contributed by atoms with Crippen molar-refractivity contribution >= 4 is 28.4 Å². The lowest BCUT2D eigenvalue weighted by Gasteiger charge is -2.14. The van der Waals surface area contributed by atoms with Gasteiger partial charge in [-0.15, -0.1) is 0 Å². The minimum Gasteiger partial charge on any atom is -0.387 e. The van der Waals surface area contributed by atoms with E-state index in [9.17, 15) is 14.7 Å². The number of nitrogens with one attached hydrogen (secondary N) is 3. The number of fused-ring (bicyclic) bond motifs is 1. The molecule has 0 aliphatic rings. The molecule has 0 radical (unpaired) electrons. The zero-order valence-electron chi connectivity index (χ0n) is 13.7. The molecular formula is C19H19N3O3. The van der Waals surface area contributed by atoms with Crippen LogP contribution in [-0.2, 0) is 9.59 Å². The minimum absolute atomic E-state index is 0.0338. The van der Waals surface area contributed by atoms with E-state index in [1.54, 1.807) is 24.4 Å². The highest BCUT2D eigenvalue weighted by Gasteiger charge is 2.17. The molecule has 0 fully saturated rings. The summed E-state index contributed by atoms with van der Waals surface area (Å²) in [5.41, 5.74) is 3.13. The van der Waals surface area contributed by atoms with Crippen molar-refractivity contribution < 1.29 is 14.7 Å². The fourth-order valence-corrected chi connectivity index (χ4v) is 2.66. The van der Waals surface area contributed by atoms with Gasteiger partial charge in [0.2, 0.25) is 0 Å². The zero-order chi connectivity index (χ0) is 17.8. The van der Waals surface area contributed by atoms with Gasteiger partial charge in [-0.1, -0.05) is 24.3 Å². The first kappa shape index (κ1) is 16.7. The number of aromatic nitrogens is 1. The van der Waals surface area contributed by atoms with Crippen LogP contribution < -0.4 is 10.6 Å². The van der Waals surface area contributed by atoms with E-state index in [-0.39, 0.29) is 6.54 Å². The van der Waals surface area contributed by atoms with Crippen LogP contribution in [0.4, 0.5) is 5.69 Å². The van der Waals surface area contributed by atoms with Gasteiger partial charge < -0.3 is 20.7 Å². The fourth-order valence-electron chi connectivity index (χ4n) is 2.66. The number of carbonyl (C=O) groups is 2. The lowest BCUT2D eigenvalue weighted by atomic mass is 10.0. The number of benzene rings is 2. The summed E-state index contributed by atoms with van der Waals surface area (Å²) in [4.78, 5) is 27.0. The molecule has 6 nitrogen and oxygen atoms in total. The summed E-state index contributed by atoms with van der Waals surface area (Å²) in [5.74, 6) is -1.56. The molecule has 0 saturated heterocycles. The number of aryl methyl sites for hydroxylation is 1. The highest BCUT2D eigenvalue weighted by Crippen LogP contribution is 2.18. The van der Waals surface area contributed by atoms with Gasteiger partial charge in [-0.25, -0.2) is 0 Å². The monoisotopic (exact) mass is 337 g/mol. The summed E-state index contributed by atoms with van der Waals surface area (Å²) >= 11 is 0. The Kier molecular flexibility index (Phi) is 4.81. The maximum absolute atomic E-state index is 12.0. The van der Waals surface area contributed by atoms with Crippen LogP contribution in [0.1, 0.15) is 17.2 Å². The Morgan fingerprint density at radius 3 is 2.72 bits per heavy atom. The Labute approximate surface area is 144 Å². The van der Waals surface area contributed by atoms with Crippen LogP contribution in [0.2, 0.25) is 0 Å². The minimum atomic E-state index is -0.867. The Morgan fingerprint density at radius 2 is 1.92 bits per heavy atom. The normalized spacial score (nSPS) is 11.9. The quantitative estimate of drug-likeness (QED) is 0.550. The number of anilines is 1. The maximum Gasteiger partial charge on any atom is 0.313 e. The molecule has 4 N–H and O–H groups in total. The largest absolute Gasteiger partial charge is 0.387 e. The fraction of sp³-hybridized carbons (Fsp3) is 0.158. The van der Waals surface area contributed by atoms with Crippen LogP contribution in [0.25, 0.3) is 10.9 Å². The van der Waals surface area contributed by atoms with Gasteiger partial charge in [0.25, 0.3) is 0 Å². The number of hydrogen-bond donors (Lipinski definition) is 4. The van der Waals surface area contributed by atoms with Crippen molar-refractivity contribution in [1.82, 2.24) is 10.3 Å². The van der Waals surface area contributed by atoms with E-state index in [1.807, 2.05) is 37.3 Å². The number of amides is 2. The third-order valence-corrected chi connectivity index (χ3v) is 4.02. The number of rotatable bonds is 4. The van der Waals surface area contributed by atoms with E-state index in [0.717, 1.165) is 22.0 Å². The maximum atomic E-state index is 12.0. The van der Waals surface area contributed by atoms with Crippen LogP contribution in [0.15, 0.2) is 54.7 Å². The van der Waals surface area contributed by atoms with Gasteiger partial charge in [0.15, 0.2) is 0 Å². The van der Waals surface area contributed by atoms with E-state index in [1.165, 1.54) is 0 Å². The van der Waals surface area contributed by atoms with Crippen molar-refractivity contribution in [3.05, 3.63) is 65.9 Å². The predicted molar refractivity (Wildman–Crippen MR) is 96.1 cm³/mol. The topological polar surface area (TPSA) is 94.2 Å². The third-order valence-electron chi connectivity index (χ3n) is 4.02. The van der Waals surface area contributed by atoms with Gasteiger partial charge in [0.05, 0.1) is 6.10 Å². The summed E-state index contributed by atoms with van der Waals surface area (Å²) < 4.78 is 0. The van der Waals surface area contributed by atoms with Crippen LogP contribution in [-0.4, -0.2) is 28.4 Å². The Hall–Kier alpha value is -3.12. The first-order valence-corrected chi connectivity index (χ1v) is 7.94. The Morgan fingerprint density at radius 1 is 1.12 bits per heavy atom. The van der Waals surface area contributed by atoms with Gasteiger partial charge in [-0.3, -0.25) is 9.59 Å². The average Bonchev–Trinajstić information content (AvgIpc) is 3.07. The highest BCUT2D eigenvalue weighted by molar-refractivity contribution is 6.39. The number of carbonyl (C=O) groups excluding carboxylic acids is 2. The molecule has 0 aliphatic heterocycles. The molecular weight excluding hydrogens is 318 g/mol. The SMILES string of the molecule is Cc1ccccc1C(O)CNC(=O)C(=O)Nc1ccc2[nH]ccc2c1. The second-order valence-corrected chi connectivity index (χ2v) is 5.82. The smallest absolute Gasteiger partial charge is 0.313 e. The Balaban J connectivity index is 1.57. The first-order valence-electron chi connectivity index (χ1n) is 7.94. The van der Waals surface area contributed by atoms with Gasteiger partial charge in [-0.05, 0) is 42.3 Å². The summed E-state index contributed by atoms with van der Waals surface area (Å²) in [6.45, 7) is 1.85. The van der Waals surface area contributed by atoms with Crippen molar-refractivity contribution in [3.8, 4) is 0 Å². The predicted octanol–water partition coefficient (Wildman–Crippen LogP) is 2.26. The molecule has 1 aromatic heterocycles. The molecule has 25 heavy (non-hydrogen) atoms. The van der Waals surface area contributed by atoms with Crippen LogP contribution >= 0.6 is 0 Å². The van der Waals surface area contributed by atoms with Crippen molar-refractivity contribution in [2.24, 2.45) is 0 Å². The van der Waals surface area contributed by atoms with Gasteiger partial charge in [-0.2, -0.15) is 0 Å². The van der Waals surface area contributed by atoms with Crippen molar-refractivity contribution in [2.75, 3.05) is 11.9 Å². The summed E-state index contributed by atoms with van der Waals surface area (Å²) in [7, 11) is 0. The molecule has 0 spiro atoms. The lowest BCUT2D eigenvalue weighted by Crippen LogP contribution is -2.37. The third kappa shape index (κ3) is 3.87. The molecule has 6 heteroatoms. The van der Waals surface area contributed by atoms with Crippen LogP contribution in [0.3, 0.4) is 0 Å². The van der Waals surface area contributed by atoms with Gasteiger partial charge in [0, 0.05) is 29.3 Å². The number of aliphatic hydroxyl groups is 1. The highest BCUT2D eigenvalue weighted by atomic mass is 16.3. The van der Waals surface area contributed by atoms with Crippen LogP contribution in [0, 0.1) is 6.92 Å². The number of hydrogen-bond acceptors (Lipinski definition) is 3. The molecule has 1 heterocycles. The molecule has 0 aliphatic carbocycles. The van der Waals surface area contributed by atoms with E-state index in [0.29, 0.717) is 5.69 Å². The van der Waals surface area contributed by atoms with Crippen molar-refractivity contribution in [1.29, 1.82) is 0 Å². The number of H-pyrrole nitrogens is 1. The number of aromatic amines is 1.